The van der Waals surface area contributed by atoms with E-state index < -0.39 is 6.09 Å². The summed E-state index contributed by atoms with van der Waals surface area (Å²) in [6, 6.07) is 9.17. The predicted molar refractivity (Wildman–Crippen MR) is 73.7 cm³/mol. The predicted octanol–water partition coefficient (Wildman–Crippen LogP) is 0.883. The SMILES string of the molecule is NCCCC(=O)N(CCO)C(=O)OCc1ccccc1. The van der Waals surface area contributed by atoms with Crippen LogP contribution in [-0.2, 0) is 16.1 Å². The summed E-state index contributed by atoms with van der Waals surface area (Å²) in [5.41, 5.74) is 6.16. The van der Waals surface area contributed by atoms with Crippen molar-refractivity contribution in [2.24, 2.45) is 5.73 Å². The number of carbonyl (C=O) groups is 2. The number of aliphatic hydroxyl groups is 1. The lowest BCUT2D eigenvalue weighted by molar-refractivity contribution is -0.130. The molecule has 0 fully saturated rings. The Morgan fingerprint density at radius 2 is 1.95 bits per heavy atom. The number of imide groups is 1. The largest absolute Gasteiger partial charge is 0.444 e. The normalized spacial score (nSPS) is 10.1. The summed E-state index contributed by atoms with van der Waals surface area (Å²) in [4.78, 5) is 24.6. The first-order valence-electron chi connectivity index (χ1n) is 6.51. The van der Waals surface area contributed by atoms with E-state index in [0.717, 1.165) is 10.5 Å². The summed E-state index contributed by atoms with van der Waals surface area (Å²) in [5.74, 6) is -0.387. The molecule has 3 N–H and O–H groups in total. The molecule has 6 heteroatoms. The minimum absolute atomic E-state index is 0.0724. The van der Waals surface area contributed by atoms with Crippen molar-refractivity contribution in [2.45, 2.75) is 19.4 Å². The Kier molecular flexibility index (Phi) is 7.31. The topological polar surface area (TPSA) is 92.9 Å². The van der Waals surface area contributed by atoms with Crippen LogP contribution in [-0.4, -0.2) is 41.7 Å². The molecule has 1 aromatic carbocycles. The van der Waals surface area contributed by atoms with E-state index in [9.17, 15) is 9.59 Å². The Labute approximate surface area is 118 Å². The second kappa shape index (κ2) is 9.06. The maximum absolute atomic E-state index is 11.9. The van der Waals surface area contributed by atoms with Crippen LogP contribution in [0.2, 0.25) is 0 Å². The van der Waals surface area contributed by atoms with Gasteiger partial charge in [-0.3, -0.25) is 4.79 Å². The first kappa shape index (κ1) is 16.1. The lowest BCUT2D eigenvalue weighted by Crippen LogP contribution is -2.39. The van der Waals surface area contributed by atoms with Crippen LogP contribution >= 0.6 is 0 Å². The van der Waals surface area contributed by atoms with Crippen LogP contribution in [0.25, 0.3) is 0 Å². The Morgan fingerprint density at radius 1 is 1.25 bits per heavy atom. The lowest BCUT2D eigenvalue weighted by Gasteiger charge is -2.19. The second-order valence-corrected chi connectivity index (χ2v) is 4.20. The minimum Gasteiger partial charge on any atom is -0.444 e. The van der Waals surface area contributed by atoms with Gasteiger partial charge in [-0.1, -0.05) is 30.3 Å². The standard InChI is InChI=1S/C14H20N2O4/c15-8-4-7-13(18)16(9-10-17)14(19)20-11-12-5-2-1-3-6-12/h1-3,5-6,17H,4,7-11,15H2. The van der Waals surface area contributed by atoms with Gasteiger partial charge in [0, 0.05) is 6.42 Å². The number of hydrogen-bond donors (Lipinski definition) is 2. The second-order valence-electron chi connectivity index (χ2n) is 4.20. The molecule has 0 aliphatic rings. The molecule has 20 heavy (non-hydrogen) atoms. The molecule has 0 radical (unpaired) electrons. The van der Waals surface area contributed by atoms with Gasteiger partial charge in [0.05, 0.1) is 13.2 Å². The average Bonchev–Trinajstić information content (AvgIpc) is 2.49. The Morgan fingerprint density at radius 3 is 2.55 bits per heavy atom. The zero-order valence-corrected chi connectivity index (χ0v) is 11.3. The highest BCUT2D eigenvalue weighted by Gasteiger charge is 2.21. The number of carbonyl (C=O) groups excluding carboxylic acids is 2. The number of nitrogens with zero attached hydrogens (tertiary/aromatic N) is 1. The molecule has 110 valence electrons. The maximum atomic E-state index is 11.9. The number of nitrogens with two attached hydrogens (primary N) is 1. The third kappa shape index (κ3) is 5.38. The van der Waals surface area contributed by atoms with Crippen LogP contribution in [0.1, 0.15) is 18.4 Å². The Bertz CT molecular complexity index is 422. The molecular weight excluding hydrogens is 260 g/mol. The molecule has 6 nitrogen and oxygen atoms in total. The number of hydrogen-bond acceptors (Lipinski definition) is 5. The van der Waals surface area contributed by atoms with Gasteiger partial charge in [0.25, 0.3) is 0 Å². The van der Waals surface area contributed by atoms with Gasteiger partial charge in [-0.15, -0.1) is 0 Å². The van der Waals surface area contributed by atoms with Crippen molar-refractivity contribution >= 4 is 12.0 Å². The summed E-state index contributed by atoms with van der Waals surface area (Å²) in [6.45, 7) is 0.0926. The summed E-state index contributed by atoms with van der Waals surface area (Å²) >= 11 is 0. The fourth-order valence-electron chi connectivity index (χ4n) is 1.60. The van der Waals surface area contributed by atoms with Gasteiger partial charge in [0.15, 0.2) is 0 Å². The highest BCUT2D eigenvalue weighted by Crippen LogP contribution is 2.05. The molecule has 0 aromatic heterocycles. The van der Waals surface area contributed by atoms with Gasteiger partial charge in [0.2, 0.25) is 5.91 Å². The van der Waals surface area contributed by atoms with Gasteiger partial charge in [-0.05, 0) is 18.5 Å². The summed E-state index contributed by atoms with van der Waals surface area (Å²) in [6.07, 6.45) is -0.0890. The first-order chi connectivity index (χ1) is 9.69. The van der Waals surface area contributed by atoms with Crippen LogP contribution in [0, 0.1) is 0 Å². The van der Waals surface area contributed by atoms with E-state index in [1.54, 1.807) is 0 Å². The summed E-state index contributed by atoms with van der Waals surface area (Å²) < 4.78 is 5.07. The molecule has 0 bridgehead atoms. The first-order valence-corrected chi connectivity index (χ1v) is 6.51. The quantitative estimate of drug-likeness (QED) is 0.773. The molecular formula is C14H20N2O4. The van der Waals surface area contributed by atoms with Crippen LogP contribution in [0.4, 0.5) is 4.79 Å². The zero-order valence-electron chi connectivity index (χ0n) is 11.3. The fraction of sp³-hybridized carbons (Fsp3) is 0.429. The summed E-state index contributed by atoms with van der Waals surface area (Å²) in [5, 5.41) is 8.92. The van der Waals surface area contributed by atoms with Crippen molar-refractivity contribution in [1.29, 1.82) is 0 Å². The van der Waals surface area contributed by atoms with Crippen LogP contribution in [0.3, 0.4) is 0 Å². The number of amides is 2. The molecule has 0 atom stereocenters. The van der Waals surface area contributed by atoms with Crippen molar-refractivity contribution in [3.8, 4) is 0 Å². The lowest BCUT2D eigenvalue weighted by atomic mass is 10.2. The Balaban J connectivity index is 2.53. The third-order valence-electron chi connectivity index (χ3n) is 2.64. The smallest absolute Gasteiger partial charge is 0.416 e. The Hall–Kier alpha value is -1.92. The van der Waals surface area contributed by atoms with E-state index in [0.29, 0.717) is 13.0 Å². The van der Waals surface area contributed by atoms with Crippen molar-refractivity contribution in [3.05, 3.63) is 35.9 Å². The molecule has 0 aliphatic carbocycles. The van der Waals surface area contributed by atoms with E-state index >= 15 is 0 Å². The van der Waals surface area contributed by atoms with Gasteiger partial charge >= 0.3 is 6.09 Å². The monoisotopic (exact) mass is 280 g/mol. The number of benzene rings is 1. The van der Waals surface area contributed by atoms with Crippen LogP contribution in [0.15, 0.2) is 30.3 Å². The molecule has 2 amide bonds. The highest BCUT2D eigenvalue weighted by atomic mass is 16.6. The molecule has 0 spiro atoms. The molecule has 0 aliphatic heterocycles. The van der Waals surface area contributed by atoms with Crippen molar-refractivity contribution in [2.75, 3.05) is 19.7 Å². The fourth-order valence-corrected chi connectivity index (χ4v) is 1.60. The van der Waals surface area contributed by atoms with Gasteiger partial charge in [-0.2, -0.15) is 0 Å². The molecule has 0 heterocycles. The average molecular weight is 280 g/mol. The van der Waals surface area contributed by atoms with Crippen molar-refractivity contribution in [1.82, 2.24) is 4.90 Å². The van der Waals surface area contributed by atoms with Crippen LogP contribution in [0.5, 0.6) is 0 Å². The van der Waals surface area contributed by atoms with Gasteiger partial charge in [0.1, 0.15) is 6.61 Å². The van der Waals surface area contributed by atoms with E-state index in [1.165, 1.54) is 0 Å². The number of aliphatic hydroxyl groups excluding tert-OH is 1. The molecule has 1 aromatic rings. The van der Waals surface area contributed by atoms with Crippen molar-refractivity contribution < 1.29 is 19.4 Å². The molecule has 1 rings (SSSR count). The van der Waals surface area contributed by atoms with E-state index in [4.69, 9.17) is 15.6 Å². The van der Waals surface area contributed by atoms with E-state index in [2.05, 4.69) is 0 Å². The van der Waals surface area contributed by atoms with E-state index in [-0.39, 0.29) is 32.1 Å². The highest BCUT2D eigenvalue weighted by molar-refractivity contribution is 5.91. The minimum atomic E-state index is -0.745. The zero-order chi connectivity index (χ0) is 14.8. The summed E-state index contributed by atoms with van der Waals surface area (Å²) in [7, 11) is 0. The third-order valence-corrected chi connectivity index (χ3v) is 2.64. The molecule has 0 unspecified atom stereocenters. The number of rotatable bonds is 7. The maximum Gasteiger partial charge on any atom is 0.416 e. The molecule has 0 saturated carbocycles. The van der Waals surface area contributed by atoms with Gasteiger partial charge < -0.3 is 15.6 Å². The number of ether oxygens (including phenoxy) is 1. The van der Waals surface area contributed by atoms with Crippen molar-refractivity contribution in [3.63, 3.8) is 0 Å². The van der Waals surface area contributed by atoms with Crippen LogP contribution < -0.4 is 5.73 Å². The molecule has 0 saturated heterocycles. The van der Waals surface area contributed by atoms with E-state index in [1.807, 2.05) is 30.3 Å². The van der Waals surface area contributed by atoms with Gasteiger partial charge in [-0.25, -0.2) is 9.69 Å².